The zero-order valence-corrected chi connectivity index (χ0v) is 11.7. The molecular formula is C15H12ClN3O2. The second-order valence-electron chi connectivity index (χ2n) is 4.03. The van der Waals surface area contributed by atoms with Gasteiger partial charge in [0.05, 0.1) is 11.2 Å². The molecule has 0 aliphatic carbocycles. The summed E-state index contributed by atoms with van der Waals surface area (Å²) >= 11 is 6.05. The molecule has 6 heteroatoms. The molecule has 0 saturated carbocycles. The van der Waals surface area contributed by atoms with E-state index in [1.54, 1.807) is 48.5 Å². The Morgan fingerprint density at radius 2 is 1.76 bits per heavy atom. The van der Waals surface area contributed by atoms with Crippen LogP contribution in [0.2, 0.25) is 5.02 Å². The van der Waals surface area contributed by atoms with Gasteiger partial charge in [0.1, 0.15) is 5.71 Å². The fourth-order valence-electron chi connectivity index (χ4n) is 1.65. The van der Waals surface area contributed by atoms with Gasteiger partial charge in [-0.15, -0.1) is 0 Å². The lowest BCUT2D eigenvalue weighted by Crippen LogP contribution is -2.20. The average Bonchev–Trinajstić information content (AvgIpc) is 2.53. The van der Waals surface area contributed by atoms with Gasteiger partial charge in [-0.2, -0.15) is 5.10 Å². The molecular weight excluding hydrogens is 290 g/mol. The van der Waals surface area contributed by atoms with Gasteiger partial charge in [-0.3, -0.25) is 4.79 Å². The van der Waals surface area contributed by atoms with Gasteiger partial charge in [-0.1, -0.05) is 53.2 Å². The number of nitrogens with zero attached hydrogens (tertiary/aromatic N) is 2. The Bertz CT molecular complexity index is 684. The van der Waals surface area contributed by atoms with Crippen molar-refractivity contribution in [2.24, 2.45) is 10.3 Å². The molecule has 0 fully saturated rings. The van der Waals surface area contributed by atoms with Crippen LogP contribution in [0.25, 0.3) is 0 Å². The number of amides is 1. The number of hydrogen-bond donors (Lipinski definition) is 2. The molecule has 106 valence electrons. The number of carbonyl (C=O) groups excluding carboxylic acids is 1. The van der Waals surface area contributed by atoms with Crippen LogP contribution in [-0.4, -0.2) is 23.0 Å². The van der Waals surface area contributed by atoms with Crippen molar-refractivity contribution in [2.75, 3.05) is 0 Å². The van der Waals surface area contributed by atoms with Crippen LogP contribution >= 0.6 is 11.6 Å². The van der Waals surface area contributed by atoms with Crippen molar-refractivity contribution in [1.29, 1.82) is 0 Å². The number of hydrazone groups is 1. The Morgan fingerprint density at radius 1 is 1.10 bits per heavy atom. The standard InChI is InChI=1S/C15H12ClN3O2/c16-13-9-5-4-8-12(13)14(10-17-21)18-19-15(20)11-6-2-1-3-7-11/h1-10,21H,(H,19,20). The van der Waals surface area contributed by atoms with E-state index in [-0.39, 0.29) is 11.6 Å². The van der Waals surface area contributed by atoms with Crippen LogP contribution in [-0.2, 0) is 0 Å². The van der Waals surface area contributed by atoms with Gasteiger partial charge in [0.15, 0.2) is 0 Å². The third kappa shape index (κ3) is 3.90. The minimum atomic E-state index is -0.369. The van der Waals surface area contributed by atoms with Crippen LogP contribution in [0.5, 0.6) is 0 Å². The average molecular weight is 302 g/mol. The zero-order valence-electron chi connectivity index (χ0n) is 10.9. The summed E-state index contributed by atoms with van der Waals surface area (Å²) in [6, 6.07) is 15.6. The molecule has 2 aromatic rings. The van der Waals surface area contributed by atoms with Crippen molar-refractivity contribution in [3.05, 3.63) is 70.7 Å². The van der Waals surface area contributed by atoms with Gasteiger partial charge in [-0.05, 0) is 18.2 Å². The van der Waals surface area contributed by atoms with E-state index in [1.807, 2.05) is 6.07 Å². The number of halogens is 1. The molecule has 2 aromatic carbocycles. The Morgan fingerprint density at radius 3 is 2.43 bits per heavy atom. The molecule has 0 heterocycles. The molecule has 1 amide bonds. The van der Waals surface area contributed by atoms with Crippen LogP contribution in [0, 0.1) is 0 Å². The second-order valence-corrected chi connectivity index (χ2v) is 4.44. The SMILES string of the molecule is O=C(NN=C(C=NO)c1ccccc1Cl)c1ccccc1. The van der Waals surface area contributed by atoms with Crippen molar-refractivity contribution in [2.45, 2.75) is 0 Å². The first-order valence-corrected chi connectivity index (χ1v) is 6.45. The highest BCUT2D eigenvalue weighted by Gasteiger charge is 2.08. The maximum absolute atomic E-state index is 11.9. The summed E-state index contributed by atoms with van der Waals surface area (Å²) in [5.41, 5.74) is 3.66. The molecule has 0 saturated heterocycles. The van der Waals surface area contributed by atoms with Crippen LogP contribution < -0.4 is 5.43 Å². The summed E-state index contributed by atoms with van der Waals surface area (Å²) < 4.78 is 0. The lowest BCUT2D eigenvalue weighted by Gasteiger charge is -2.04. The molecule has 2 N–H and O–H groups in total. The number of benzene rings is 2. The summed E-state index contributed by atoms with van der Waals surface area (Å²) in [6.45, 7) is 0. The quantitative estimate of drug-likeness (QED) is 0.517. The van der Waals surface area contributed by atoms with Crippen molar-refractivity contribution >= 4 is 29.4 Å². The normalized spacial score (nSPS) is 11.6. The topological polar surface area (TPSA) is 74.0 Å². The molecule has 0 bridgehead atoms. The van der Waals surface area contributed by atoms with Gasteiger partial charge in [-0.25, -0.2) is 5.43 Å². The molecule has 0 aliphatic heterocycles. The van der Waals surface area contributed by atoms with E-state index >= 15 is 0 Å². The second kappa shape index (κ2) is 7.21. The minimum Gasteiger partial charge on any atom is -0.411 e. The highest BCUT2D eigenvalue weighted by atomic mass is 35.5. The monoisotopic (exact) mass is 301 g/mol. The largest absolute Gasteiger partial charge is 0.411 e. The molecule has 0 aromatic heterocycles. The van der Waals surface area contributed by atoms with Crippen LogP contribution in [0.15, 0.2) is 64.9 Å². The van der Waals surface area contributed by atoms with Crippen LogP contribution in [0.1, 0.15) is 15.9 Å². The van der Waals surface area contributed by atoms with Gasteiger partial charge < -0.3 is 5.21 Å². The number of rotatable bonds is 4. The fraction of sp³-hybridized carbons (Fsp3) is 0. The first kappa shape index (κ1) is 14.7. The maximum Gasteiger partial charge on any atom is 0.271 e. The molecule has 5 nitrogen and oxygen atoms in total. The van der Waals surface area contributed by atoms with E-state index in [9.17, 15) is 4.79 Å². The van der Waals surface area contributed by atoms with E-state index in [2.05, 4.69) is 15.7 Å². The molecule has 0 atom stereocenters. The van der Waals surface area contributed by atoms with E-state index in [0.717, 1.165) is 6.21 Å². The first-order chi connectivity index (χ1) is 10.2. The molecule has 21 heavy (non-hydrogen) atoms. The number of nitrogens with one attached hydrogen (secondary N) is 1. The zero-order chi connectivity index (χ0) is 15.1. The Hall–Kier alpha value is -2.66. The third-order valence-electron chi connectivity index (χ3n) is 2.64. The summed E-state index contributed by atoms with van der Waals surface area (Å²) in [7, 11) is 0. The Kier molecular flexibility index (Phi) is 5.06. The third-order valence-corrected chi connectivity index (χ3v) is 2.97. The molecule has 2 rings (SSSR count). The van der Waals surface area contributed by atoms with Gasteiger partial charge in [0.25, 0.3) is 5.91 Å². The summed E-state index contributed by atoms with van der Waals surface area (Å²) in [5.74, 6) is -0.369. The van der Waals surface area contributed by atoms with Crippen molar-refractivity contribution in [3.8, 4) is 0 Å². The lowest BCUT2D eigenvalue weighted by molar-refractivity contribution is 0.0955. The fourth-order valence-corrected chi connectivity index (χ4v) is 1.88. The highest BCUT2D eigenvalue weighted by molar-refractivity contribution is 6.44. The maximum atomic E-state index is 11.9. The Balaban J connectivity index is 2.23. The Labute approximate surface area is 126 Å². The smallest absolute Gasteiger partial charge is 0.271 e. The van der Waals surface area contributed by atoms with Gasteiger partial charge in [0.2, 0.25) is 0 Å². The van der Waals surface area contributed by atoms with Crippen molar-refractivity contribution in [1.82, 2.24) is 5.43 Å². The molecule has 0 unspecified atom stereocenters. The van der Waals surface area contributed by atoms with Crippen LogP contribution in [0.4, 0.5) is 0 Å². The van der Waals surface area contributed by atoms with Crippen molar-refractivity contribution < 1.29 is 10.0 Å². The van der Waals surface area contributed by atoms with E-state index in [0.29, 0.717) is 16.1 Å². The lowest BCUT2D eigenvalue weighted by atomic mass is 10.1. The van der Waals surface area contributed by atoms with Crippen LogP contribution in [0.3, 0.4) is 0 Å². The van der Waals surface area contributed by atoms with E-state index in [1.165, 1.54) is 0 Å². The number of oxime groups is 1. The number of hydrogen-bond acceptors (Lipinski definition) is 4. The van der Waals surface area contributed by atoms with Crippen molar-refractivity contribution in [3.63, 3.8) is 0 Å². The summed E-state index contributed by atoms with van der Waals surface area (Å²) in [6.07, 6.45) is 1.10. The van der Waals surface area contributed by atoms with Gasteiger partial charge >= 0.3 is 0 Å². The molecule has 0 spiro atoms. The molecule has 0 aliphatic rings. The molecule has 0 radical (unpaired) electrons. The minimum absolute atomic E-state index is 0.243. The predicted molar refractivity (Wildman–Crippen MR) is 82.2 cm³/mol. The van der Waals surface area contributed by atoms with E-state index < -0.39 is 0 Å². The number of carbonyl (C=O) groups is 1. The predicted octanol–water partition coefficient (Wildman–Crippen LogP) is 2.93. The van der Waals surface area contributed by atoms with Gasteiger partial charge in [0, 0.05) is 11.1 Å². The highest BCUT2D eigenvalue weighted by Crippen LogP contribution is 2.15. The van der Waals surface area contributed by atoms with E-state index in [4.69, 9.17) is 16.8 Å². The first-order valence-electron chi connectivity index (χ1n) is 6.08. The summed E-state index contributed by atoms with van der Waals surface area (Å²) in [4.78, 5) is 11.9. The summed E-state index contributed by atoms with van der Waals surface area (Å²) in [5, 5.41) is 16.0.